The van der Waals surface area contributed by atoms with Gasteiger partial charge in [-0.15, -0.1) is 0 Å². The van der Waals surface area contributed by atoms with E-state index in [9.17, 15) is 18.8 Å². The standard InChI is InChI=1S/C24H29FN6O3/c1-24(2,3)20(22(33)27-12-13-28-23(26)34)29-21(32)19-17-6-4-5-7-18(17)31(30-19)14-15-8-10-16(25)11-9-15/h4-11,20H,12-14H2,1-3H3,(H,27,33)(H,29,32)(H3,26,28,34)/t20-/m1/s1. The van der Waals surface area contributed by atoms with Crippen molar-refractivity contribution in [3.63, 3.8) is 0 Å². The van der Waals surface area contributed by atoms with Gasteiger partial charge < -0.3 is 21.7 Å². The molecule has 0 saturated heterocycles. The Morgan fingerprint density at radius 3 is 2.32 bits per heavy atom. The third kappa shape index (κ3) is 6.09. The predicted octanol–water partition coefficient (Wildman–Crippen LogP) is 2.15. The van der Waals surface area contributed by atoms with Crippen molar-refractivity contribution >= 4 is 28.7 Å². The quantitative estimate of drug-likeness (QED) is 0.377. The third-order valence-electron chi connectivity index (χ3n) is 5.25. The lowest BCUT2D eigenvalue weighted by atomic mass is 9.86. The highest BCUT2D eigenvalue weighted by Gasteiger charge is 2.34. The Labute approximate surface area is 196 Å². The molecule has 4 amide bonds. The number of nitrogens with one attached hydrogen (secondary N) is 3. The first-order chi connectivity index (χ1) is 16.1. The normalized spacial score (nSPS) is 12.2. The van der Waals surface area contributed by atoms with Crippen LogP contribution < -0.4 is 21.7 Å². The molecule has 1 atom stereocenters. The van der Waals surface area contributed by atoms with Crippen molar-refractivity contribution in [2.75, 3.05) is 13.1 Å². The Hall–Kier alpha value is -3.95. The Kier molecular flexibility index (Phi) is 7.50. The first-order valence-corrected chi connectivity index (χ1v) is 10.9. The van der Waals surface area contributed by atoms with Gasteiger partial charge in [0.2, 0.25) is 5.91 Å². The summed E-state index contributed by atoms with van der Waals surface area (Å²) < 4.78 is 15.0. The Balaban J connectivity index is 1.82. The van der Waals surface area contributed by atoms with Gasteiger partial charge in [0.1, 0.15) is 11.9 Å². The topological polar surface area (TPSA) is 131 Å². The number of nitrogens with zero attached hydrogens (tertiary/aromatic N) is 2. The summed E-state index contributed by atoms with van der Waals surface area (Å²) in [5.74, 6) is -1.20. The lowest BCUT2D eigenvalue weighted by Crippen LogP contribution is -2.54. The fourth-order valence-corrected chi connectivity index (χ4v) is 3.53. The predicted molar refractivity (Wildman–Crippen MR) is 127 cm³/mol. The van der Waals surface area contributed by atoms with Crippen LogP contribution in [0.5, 0.6) is 0 Å². The monoisotopic (exact) mass is 468 g/mol. The summed E-state index contributed by atoms with van der Waals surface area (Å²) in [4.78, 5) is 36.9. The largest absolute Gasteiger partial charge is 0.353 e. The first kappa shape index (κ1) is 24.7. The maximum atomic E-state index is 13.3. The molecule has 34 heavy (non-hydrogen) atoms. The zero-order valence-corrected chi connectivity index (χ0v) is 19.4. The van der Waals surface area contributed by atoms with Gasteiger partial charge >= 0.3 is 6.03 Å². The summed E-state index contributed by atoms with van der Waals surface area (Å²) in [5, 5.41) is 13.1. The molecule has 0 aliphatic carbocycles. The maximum absolute atomic E-state index is 13.3. The molecule has 0 unspecified atom stereocenters. The number of benzene rings is 2. The Morgan fingerprint density at radius 1 is 1.03 bits per heavy atom. The molecule has 0 bridgehead atoms. The van der Waals surface area contributed by atoms with Gasteiger partial charge in [0.25, 0.3) is 5.91 Å². The molecular formula is C24H29FN6O3. The van der Waals surface area contributed by atoms with Crippen molar-refractivity contribution in [3.05, 3.63) is 65.6 Å². The van der Waals surface area contributed by atoms with Gasteiger partial charge in [0.15, 0.2) is 5.69 Å². The molecule has 0 saturated carbocycles. The van der Waals surface area contributed by atoms with Crippen LogP contribution in [0.3, 0.4) is 0 Å². The minimum absolute atomic E-state index is 0.166. The van der Waals surface area contributed by atoms with Crippen LogP contribution in [-0.4, -0.2) is 46.8 Å². The van der Waals surface area contributed by atoms with Crippen LogP contribution in [0, 0.1) is 11.2 Å². The van der Waals surface area contributed by atoms with Crippen LogP contribution in [0.15, 0.2) is 48.5 Å². The molecule has 3 aromatic rings. The SMILES string of the molecule is CC(C)(C)[C@H](NC(=O)c1nn(Cc2ccc(F)cc2)c2ccccc12)C(=O)NCCNC(N)=O. The number of rotatable bonds is 8. The number of halogens is 1. The average Bonchev–Trinajstić information content (AvgIpc) is 3.14. The van der Waals surface area contributed by atoms with Crippen LogP contribution >= 0.6 is 0 Å². The number of primary amides is 1. The van der Waals surface area contributed by atoms with E-state index in [-0.39, 0.29) is 30.5 Å². The van der Waals surface area contributed by atoms with E-state index >= 15 is 0 Å². The van der Waals surface area contributed by atoms with Crippen LogP contribution in [-0.2, 0) is 11.3 Å². The van der Waals surface area contributed by atoms with Crippen molar-refractivity contribution in [2.24, 2.45) is 11.1 Å². The molecule has 2 aromatic carbocycles. The number of urea groups is 1. The van der Waals surface area contributed by atoms with Gasteiger partial charge in [-0.3, -0.25) is 14.3 Å². The lowest BCUT2D eigenvalue weighted by molar-refractivity contribution is -0.125. The van der Waals surface area contributed by atoms with Gasteiger partial charge in [-0.1, -0.05) is 51.1 Å². The van der Waals surface area contributed by atoms with E-state index in [1.54, 1.807) is 22.9 Å². The highest BCUT2D eigenvalue weighted by molar-refractivity contribution is 6.06. The number of aromatic nitrogens is 2. The van der Waals surface area contributed by atoms with Crippen LogP contribution in [0.1, 0.15) is 36.8 Å². The summed E-state index contributed by atoms with van der Waals surface area (Å²) in [7, 11) is 0. The van der Waals surface area contributed by atoms with Crippen molar-refractivity contribution in [1.82, 2.24) is 25.7 Å². The van der Waals surface area contributed by atoms with Crippen LogP contribution in [0.25, 0.3) is 10.9 Å². The van der Waals surface area contributed by atoms with E-state index in [1.807, 2.05) is 39.0 Å². The number of para-hydroxylation sites is 1. The molecule has 1 aromatic heterocycles. The summed E-state index contributed by atoms with van der Waals surface area (Å²) in [6, 6.07) is 11.8. The highest BCUT2D eigenvalue weighted by Crippen LogP contribution is 2.23. The second kappa shape index (κ2) is 10.3. The molecule has 0 aliphatic rings. The number of carbonyl (C=O) groups is 3. The summed E-state index contributed by atoms with van der Waals surface area (Å²) in [6.07, 6.45) is 0. The molecular weight excluding hydrogens is 439 g/mol. The number of hydrogen-bond acceptors (Lipinski definition) is 4. The van der Waals surface area contributed by atoms with E-state index in [0.717, 1.165) is 11.1 Å². The van der Waals surface area contributed by atoms with Crippen LogP contribution in [0.2, 0.25) is 0 Å². The molecule has 0 radical (unpaired) electrons. The van der Waals surface area contributed by atoms with E-state index in [4.69, 9.17) is 5.73 Å². The summed E-state index contributed by atoms with van der Waals surface area (Å²) in [5.41, 5.74) is 6.20. The molecule has 1 heterocycles. The molecule has 180 valence electrons. The first-order valence-electron chi connectivity index (χ1n) is 10.9. The molecule has 9 nitrogen and oxygen atoms in total. The average molecular weight is 469 g/mol. The molecule has 3 rings (SSSR count). The zero-order valence-electron chi connectivity index (χ0n) is 19.4. The Morgan fingerprint density at radius 2 is 1.68 bits per heavy atom. The van der Waals surface area contributed by atoms with Crippen molar-refractivity contribution < 1.29 is 18.8 Å². The van der Waals surface area contributed by atoms with Gasteiger partial charge in [-0.05, 0) is 29.2 Å². The number of fused-ring (bicyclic) bond motifs is 1. The van der Waals surface area contributed by atoms with Gasteiger partial charge in [-0.25, -0.2) is 9.18 Å². The fourth-order valence-electron chi connectivity index (χ4n) is 3.53. The van der Waals surface area contributed by atoms with E-state index in [1.165, 1.54) is 12.1 Å². The zero-order chi connectivity index (χ0) is 24.9. The van der Waals surface area contributed by atoms with Gasteiger partial charge in [0, 0.05) is 18.5 Å². The van der Waals surface area contributed by atoms with Crippen molar-refractivity contribution in [2.45, 2.75) is 33.4 Å². The van der Waals surface area contributed by atoms with E-state index in [2.05, 4.69) is 21.0 Å². The number of nitrogens with two attached hydrogens (primary N) is 1. The highest BCUT2D eigenvalue weighted by atomic mass is 19.1. The van der Waals surface area contributed by atoms with Crippen molar-refractivity contribution in [1.29, 1.82) is 0 Å². The van der Waals surface area contributed by atoms with Crippen LogP contribution in [0.4, 0.5) is 9.18 Å². The number of carbonyl (C=O) groups excluding carboxylic acids is 3. The maximum Gasteiger partial charge on any atom is 0.312 e. The van der Waals surface area contributed by atoms with Crippen molar-refractivity contribution in [3.8, 4) is 0 Å². The number of amides is 4. The van der Waals surface area contributed by atoms with E-state index < -0.39 is 23.4 Å². The Bertz CT molecular complexity index is 1180. The summed E-state index contributed by atoms with van der Waals surface area (Å²) >= 11 is 0. The third-order valence-corrected chi connectivity index (χ3v) is 5.25. The van der Waals surface area contributed by atoms with Gasteiger partial charge in [-0.2, -0.15) is 5.10 Å². The van der Waals surface area contributed by atoms with E-state index in [0.29, 0.717) is 11.9 Å². The minimum Gasteiger partial charge on any atom is -0.353 e. The minimum atomic E-state index is -0.852. The second-order valence-electron chi connectivity index (χ2n) is 9.00. The second-order valence-corrected chi connectivity index (χ2v) is 9.00. The number of hydrogen-bond donors (Lipinski definition) is 4. The molecule has 10 heteroatoms. The lowest BCUT2D eigenvalue weighted by Gasteiger charge is -2.30. The molecule has 0 spiro atoms. The molecule has 0 fully saturated rings. The van der Waals surface area contributed by atoms with Gasteiger partial charge in [0.05, 0.1) is 12.1 Å². The molecule has 5 N–H and O–H groups in total. The molecule has 0 aliphatic heterocycles. The fraction of sp³-hybridized carbons (Fsp3) is 0.333. The smallest absolute Gasteiger partial charge is 0.312 e. The summed E-state index contributed by atoms with van der Waals surface area (Å²) in [6.45, 7) is 6.20.